The maximum absolute atomic E-state index is 13.1. The zero-order valence-electron chi connectivity index (χ0n) is 16.6. The van der Waals surface area contributed by atoms with E-state index in [-0.39, 0.29) is 5.43 Å². The summed E-state index contributed by atoms with van der Waals surface area (Å²) < 4.78 is 7.94. The van der Waals surface area contributed by atoms with E-state index in [1.54, 1.807) is 7.11 Å². The summed E-state index contributed by atoms with van der Waals surface area (Å²) in [5.74, 6) is 1.01. The number of ether oxygens (including phenoxy) is 1. The Morgan fingerprint density at radius 3 is 2.37 bits per heavy atom. The molecule has 3 nitrogen and oxygen atoms in total. The molecule has 0 aliphatic carbocycles. The average Bonchev–Trinajstić information content (AvgIpc) is 2.73. The SMILES string of the molecule is CCCCC(CC)Cn1c(-c2ccccc2)c(OC)c(=O)c2ccccc21. The number of hydrogen-bond acceptors (Lipinski definition) is 2. The lowest BCUT2D eigenvalue weighted by atomic mass is 9.97. The maximum atomic E-state index is 13.1. The number of unbranched alkanes of at least 4 members (excludes halogenated alkanes) is 1. The second-order valence-corrected chi connectivity index (χ2v) is 7.12. The van der Waals surface area contributed by atoms with Crippen LogP contribution in [0.15, 0.2) is 59.4 Å². The Morgan fingerprint density at radius 1 is 1.00 bits per heavy atom. The Kier molecular flexibility index (Phi) is 6.33. The summed E-state index contributed by atoms with van der Waals surface area (Å²) in [4.78, 5) is 13.1. The summed E-state index contributed by atoms with van der Waals surface area (Å²) in [5, 5.41) is 0.722. The van der Waals surface area contributed by atoms with Crippen LogP contribution < -0.4 is 10.2 Å². The first-order valence-electron chi connectivity index (χ1n) is 9.96. The largest absolute Gasteiger partial charge is 0.491 e. The molecular formula is C24H29NO2. The van der Waals surface area contributed by atoms with Crippen LogP contribution in [0.5, 0.6) is 5.75 Å². The Bertz CT molecular complexity index is 944. The molecule has 142 valence electrons. The number of pyridine rings is 1. The lowest BCUT2D eigenvalue weighted by Gasteiger charge is -2.24. The van der Waals surface area contributed by atoms with E-state index in [0.29, 0.717) is 11.7 Å². The predicted octanol–water partition coefficient (Wildman–Crippen LogP) is 5.89. The topological polar surface area (TPSA) is 31.2 Å². The summed E-state index contributed by atoms with van der Waals surface area (Å²) in [6.45, 7) is 5.38. The van der Waals surface area contributed by atoms with Gasteiger partial charge in [0.15, 0.2) is 5.75 Å². The van der Waals surface area contributed by atoms with Crippen molar-refractivity contribution in [3.63, 3.8) is 0 Å². The van der Waals surface area contributed by atoms with Crippen molar-refractivity contribution in [2.45, 2.75) is 46.1 Å². The van der Waals surface area contributed by atoms with Gasteiger partial charge < -0.3 is 9.30 Å². The zero-order chi connectivity index (χ0) is 19.2. The number of methoxy groups -OCH3 is 1. The van der Waals surface area contributed by atoms with Gasteiger partial charge in [-0.2, -0.15) is 0 Å². The van der Waals surface area contributed by atoms with E-state index in [9.17, 15) is 4.79 Å². The van der Waals surface area contributed by atoms with E-state index in [1.807, 2.05) is 36.4 Å². The lowest BCUT2D eigenvalue weighted by Crippen LogP contribution is -2.19. The van der Waals surface area contributed by atoms with Crippen molar-refractivity contribution in [1.29, 1.82) is 0 Å². The second-order valence-electron chi connectivity index (χ2n) is 7.12. The molecule has 0 saturated heterocycles. The minimum atomic E-state index is -0.0372. The summed E-state index contributed by atoms with van der Waals surface area (Å²) in [6.07, 6.45) is 4.76. The fourth-order valence-corrected chi connectivity index (χ4v) is 3.81. The van der Waals surface area contributed by atoms with E-state index >= 15 is 0 Å². The number of nitrogens with zero attached hydrogens (tertiary/aromatic N) is 1. The van der Waals surface area contributed by atoms with Gasteiger partial charge in [-0.05, 0) is 24.5 Å². The molecule has 1 aromatic heterocycles. The lowest BCUT2D eigenvalue weighted by molar-refractivity contribution is 0.384. The van der Waals surface area contributed by atoms with Crippen molar-refractivity contribution < 1.29 is 4.74 Å². The first-order valence-corrected chi connectivity index (χ1v) is 9.96. The second kappa shape index (κ2) is 8.90. The van der Waals surface area contributed by atoms with Crippen molar-refractivity contribution in [3.05, 3.63) is 64.8 Å². The molecule has 0 aliphatic heterocycles. The van der Waals surface area contributed by atoms with Crippen molar-refractivity contribution in [1.82, 2.24) is 4.57 Å². The molecule has 0 N–H and O–H groups in total. The molecule has 1 heterocycles. The monoisotopic (exact) mass is 363 g/mol. The molecule has 27 heavy (non-hydrogen) atoms. The summed E-state index contributed by atoms with van der Waals surface area (Å²) in [6, 6.07) is 18.0. The van der Waals surface area contributed by atoms with Gasteiger partial charge in [0.2, 0.25) is 5.43 Å². The highest BCUT2D eigenvalue weighted by atomic mass is 16.5. The smallest absolute Gasteiger partial charge is 0.231 e. The van der Waals surface area contributed by atoms with Gasteiger partial charge >= 0.3 is 0 Å². The summed E-state index contributed by atoms with van der Waals surface area (Å²) in [7, 11) is 1.59. The number of benzene rings is 2. The molecule has 0 radical (unpaired) electrons. The molecule has 0 fully saturated rings. The molecule has 0 spiro atoms. The zero-order valence-corrected chi connectivity index (χ0v) is 16.6. The third kappa shape index (κ3) is 3.92. The number of aromatic nitrogens is 1. The maximum Gasteiger partial charge on any atom is 0.231 e. The molecule has 0 aliphatic rings. The minimum absolute atomic E-state index is 0.0372. The third-order valence-electron chi connectivity index (χ3n) is 5.37. The summed E-state index contributed by atoms with van der Waals surface area (Å²) >= 11 is 0. The first-order chi connectivity index (χ1) is 13.2. The van der Waals surface area contributed by atoms with E-state index in [2.05, 4.69) is 36.6 Å². The third-order valence-corrected chi connectivity index (χ3v) is 5.37. The highest BCUT2D eigenvalue weighted by Gasteiger charge is 2.20. The highest BCUT2D eigenvalue weighted by Crippen LogP contribution is 2.32. The average molecular weight is 364 g/mol. The minimum Gasteiger partial charge on any atom is -0.491 e. The van der Waals surface area contributed by atoms with Crippen LogP contribution in [0.25, 0.3) is 22.2 Å². The van der Waals surface area contributed by atoms with E-state index in [1.165, 1.54) is 19.3 Å². The van der Waals surface area contributed by atoms with Crippen LogP contribution in [-0.2, 0) is 6.54 Å². The number of fused-ring (bicyclic) bond motifs is 1. The number of rotatable bonds is 8. The van der Waals surface area contributed by atoms with Gasteiger partial charge in [0, 0.05) is 17.5 Å². The van der Waals surface area contributed by atoms with Gasteiger partial charge in [0.25, 0.3) is 0 Å². The van der Waals surface area contributed by atoms with Crippen LogP contribution in [-0.4, -0.2) is 11.7 Å². The molecule has 0 amide bonds. The van der Waals surface area contributed by atoms with Crippen LogP contribution in [0.3, 0.4) is 0 Å². The number of para-hydroxylation sites is 1. The van der Waals surface area contributed by atoms with Crippen LogP contribution in [0.1, 0.15) is 39.5 Å². The predicted molar refractivity (Wildman–Crippen MR) is 114 cm³/mol. The quantitative estimate of drug-likeness (QED) is 0.499. The molecule has 3 aromatic rings. The van der Waals surface area contributed by atoms with Crippen LogP contribution in [0.4, 0.5) is 0 Å². The van der Waals surface area contributed by atoms with Gasteiger partial charge in [0.1, 0.15) is 0 Å². The Balaban J connectivity index is 2.28. The first kappa shape index (κ1) is 19.2. The Morgan fingerprint density at radius 2 is 1.70 bits per heavy atom. The van der Waals surface area contributed by atoms with Gasteiger partial charge in [-0.1, -0.05) is 75.6 Å². The molecular weight excluding hydrogens is 334 g/mol. The van der Waals surface area contributed by atoms with Gasteiger partial charge in [-0.3, -0.25) is 4.79 Å². The van der Waals surface area contributed by atoms with Crippen molar-refractivity contribution in [3.8, 4) is 17.0 Å². The molecule has 2 aromatic carbocycles. The molecule has 0 saturated carbocycles. The van der Waals surface area contributed by atoms with Crippen LogP contribution in [0, 0.1) is 5.92 Å². The van der Waals surface area contributed by atoms with Gasteiger partial charge in [-0.25, -0.2) is 0 Å². The summed E-state index contributed by atoms with van der Waals surface area (Å²) in [5.41, 5.74) is 2.85. The Hall–Kier alpha value is -2.55. The molecule has 0 bridgehead atoms. The fourth-order valence-electron chi connectivity index (χ4n) is 3.81. The van der Waals surface area contributed by atoms with Crippen LogP contribution in [0.2, 0.25) is 0 Å². The molecule has 3 heteroatoms. The van der Waals surface area contributed by atoms with Crippen molar-refractivity contribution in [2.75, 3.05) is 7.11 Å². The normalized spacial score (nSPS) is 12.3. The van der Waals surface area contributed by atoms with Crippen LogP contribution >= 0.6 is 0 Å². The van der Waals surface area contributed by atoms with E-state index in [4.69, 9.17) is 4.74 Å². The standard InChI is InChI=1S/C24H29NO2/c1-4-6-12-18(5-2)17-25-21-16-11-10-15-20(21)23(26)24(27-3)22(25)19-13-8-7-9-14-19/h7-11,13-16,18H,4-6,12,17H2,1-3H3. The van der Waals surface area contributed by atoms with Crippen molar-refractivity contribution >= 4 is 10.9 Å². The van der Waals surface area contributed by atoms with Gasteiger partial charge in [0.05, 0.1) is 18.3 Å². The fraction of sp³-hybridized carbons (Fsp3) is 0.375. The molecule has 1 unspecified atom stereocenters. The molecule has 3 rings (SSSR count). The highest BCUT2D eigenvalue weighted by molar-refractivity contribution is 5.86. The molecule has 1 atom stereocenters. The van der Waals surface area contributed by atoms with E-state index in [0.717, 1.165) is 35.1 Å². The van der Waals surface area contributed by atoms with Gasteiger partial charge in [-0.15, -0.1) is 0 Å². The number of hydrogen-bond donors (Lipinski definition) is 0. The Labute approximate surface area is 161 Å². The van der Waals surface area contributed by atoms with E-state index < -0.39 is 0 Å². The van der Waals surface area contributed by atoms with Crippen molar-refractivity contribution in [2.24, 2.45) is 5.92 Å².